The van der Waals surface area contributed by atoms with Gasteiger partial charge in [-0.2, -0.15) is 0 Å². The van der Waals surface area contributed by atoms with Crippen LogP contribution in [0.3, 0.4) is 0 Å². The third-order valence-corrected chi connectivity index (χ3v) is 5.71. The van der Waals surface area contributed by atoms with E-state index in [4.69, 9.17) is 4.42 Å². The Morgan fingerprint density at radius 1 is 0.897 bits per heavy atom. The molecule has 0 bridgehead atoms. The van der Waals surface area contributed by atoms with Crippen molar-refractivity contribution < 1.29 is 22.4 Å². The van der Waals surface area contributed by atoms with Gasteiger partial charge in [0.1, 0.15) is 0 Å². The quantitative estimate of drug-likeness (QED) is 0.574. The van der Waals surface area contributed by atoms with Gasteiger partial charge in [-0.25, -0.2) is 13.1 Å². The normalized spacial score (nSPS) is 11.1. The van der Waals surface area contributed by atoms with Gasteiger partial charge in [-0.15, -0.1) is 0 Å². The van der Waals surface area contributed by atoms with E-state index in [0.29, 0.717) is 22.5 Å². The Labute approximate surface area is 168 Å². The Hall–Kier alpha value is -3.43. The Morgan fingerprint density at radius 2 is 1.55 bits per heavy atom. The van der Waals surface area contributed by atoms with Crippen LogP contribution in [0.1, 0.15) is 26.5 Å². The van der Waals surface area contributed by atoms with Crippen molar-refractivity contribution in [2.45, 2.75) is 11.8 Å². The van der Waals surface area contributed by atoms with Crippen molar-refractivity contribution in [2.75, 3.05) is 17.7 Å². The molecule has 2 aromatic carbocycles. The number of amides is 2. The van der Waals surface area contributed by atoms with Crippen molar-refractivity contribution in [3.05, 3.63) is 77.7 Å². The zero-order valence-electron chi connectivity index (χ0n) is 15.7. The molecular weight excluding hydrogens is 394 g/mol. The topological polar surface area (TPSA) is 118 Å². The lowest BCUT2D eigenvalue weighted by atomic mass is 10.1. The van der Waals surface area contributed by atoms with Gasteiger partial charge >= 0.3 is 0 Å². The van der Waals surface area contributed by atoms with Crippen LogP contribution >= 0.6 is 0 Å². The van der Waals surface area contributed by atoms with Gasteiger partial charge in [0.2, 0.25) is 10.0 Å². The first-order valence-electron chi connectivity index (χ1n) is 8.60. The first-order chi connectivity index (χ1) is 13.8. The standard InChI is InChI=1S/C20H19N3O5S/c1-13-5-8-16(12-18(13)29(26,27)21-2)23-19(24)14-6-9-15(10-7-14)22-20(25)17-4-3-11-28-17/h3-12,21H,1-2H3,(H,22,25)(H,23,24). The van der Waals surface area contributed by atoms with Crippen molar-refractivity contribution in [2.24, 2.45) is 0 Å². The predicted octanol–water partition coefficient (Wildman–Crippen LogP) is 3.00. The van der Waals surface area contributed by atoms with Crippen LogP contribution in [0.15, 0.2) is 70.2 Å². The molecule has 3 rings (SSSR count). The second-order valence-electron chi connectivity index (χ2n) is 6.15. The van der Waals surface area contributed by atoms with Crippen LogP contribution in [-0.2, 0) is 10.0 Å². The van der Waals surface area contributed by atoms with Crippen LogP contribution in [0.25, 0.3) is 0 Å². The van der Waals surface area contributed by atoms with Crippen molar-refractivity contribution in [3.8, 4) is 0 Å². The third-order valence-electron chi connectivity index (χ3n) is 4.15. The van der Waals surface area contributed by atoms with E-state index >= 15 is 0 Å². The molecule has 29 heavy (non-hydrogen) atoms. The summed E-state index contributed by atoms with van der Waals surface area (Å²) in [6, 6.07) is 14.1. The molecule has 0 saturated heterocycles. The highest BCUT2D eigenvalue weighted by molar-refractivity contribution is 7.89. The molecule has 0 aliphatic rings. The lowest BCUT2D eigenvalue weighted by Gasteiger charge is -2.11. The molecule has 9 heteroatoms. The number of benzene rings is 2. The van der Waals surface area contributed by atoms with Crippen molar-refractivity contribution in [1.82, 2.24) is 4.72 Å². The Bertz CT molecular complexity index is 1140. The molecule has 2 amide bonds. The Balaban J connectivity index is 1.71. The van der Waals surface area contributed by atoms with Gasteiger partial charge in [-0.05, 0) is 68.1 Å². The maximum Gasteiger partial charge on any atom is 0.291 e. The largest absolute Gasteiger partial charge is 0.459 e. The highest BCUT2D eigenvalue weighted by Crippen LogP contribution is 2.21. The van der Waals surface area contributed by atoms with E-state index in [2.05, 4.69) is 15.4 Å². The van der Waals surface area contributed by atoms with E-state index in [1.54, 1.807) is 55.5 Å². The molecule has 0 aliphatic carbocycles. The number of sulfonamides is 1. The van der Waals surface area contributed by atoms with Crippen LogP contribution in [0.2, 0.25) is 0 Å². The smallest absolute Gasteiger partial charge is 0.291 e. The van der Waals surface area contributed by atoms with Gasteiger partial charge in [0.05, 0.1) is 11.2 Å². The van der Waals surface area contributed by atoms with E-state index in [1.807, 2.05) is 0 Å². The molecule has 3 N–H and O–H groups in total. The van der Waals surface area contributed by atoms with E-state index in [9.17, 15) is 18.0 Å². The fourth-order valence-electron chi connectivity index (χ4n) is 2.59. The summed E-state index contributed by atoms with van der Waals surface area (Å²) in [7, 11) is -2.31. The number of aryl methyl sites for hydroxylation is 1. The summed E-state index contributed by atoms with van der Waals surface area (Å²) in [5.74, 6) is -0.630. The van der Waals surface area contributed by atoms with Crippen LogP contribution in [0, 0.1) is 6.92 Å². The second kappa shape index (κ2) is 8.29. The summed E-state index contributed by atoms with van der Waals surface area (Å²) >= 11 is 0. The summed E-state index contributed by atoms with van der Waals surface area (Å²) < 4.78 is 31.4. The van der Waals surface area contributed by atoms with Crippen molar-refractivity contribution >= 4 is 33.2 Å². The number of hydrogen-bond acceptors (Lipinski definition) is 5. The molecule has 8 nitrogen and oxygen atoms in total. The first kappa shape index (κ1) is 20.3. The molecular formula is C20H19N3O5S. The average Bonchev–Trinajstić information content (AvgIpc) is 3.25. The maximum atomic E-state index is 12.5. The number of furan rings is 1. The van der Waals surface area contributed by atoms with E-state index < -0.39 is 21.8 Å². The molecule has 0 fully saturated rings. The van der Waals surface area contributed by atoms with Crippen LogP contribution in [0.4, 0.5) is 11.4 Å². The molecule has 150 valence electrons. The minimum Gasteiger partial charge on any atom is -0.459 e. The van der Waals surface area contributed by atoms with Gasteiger partial charge in [0.25, 0.3) is 11.8 Å². The van der Waals surface area contributed by atoms with Gasteiger partial charge in [0, 0.05) is 16.9 Å². The summed E-state index contributed by atoms with van der Waals surface area (Å²) in [6.07, 6.45) is 1.40. The highest BCUT2D eigenvalue weighted by Gasteiger charge is 2.16. The Kier molecular flexibility index (Phi) is 5.81. The van der Waals surface area contributed by atoms with Crippen LogP contribution < -0.4 is 15.4 Å². The number of rotatable bonds is 6. The third kappa shape index (κ3) is 4.71. The molecule has 0 atom stereocenters. The lowest BCUT2D eigenvalue weighted by molar-refractivity contribution is 0.0995. The summed E-state index contributed by atoms with van der Waals surface area (Å²) in [4.78, 5) is 24.5. The Morgan fingerprint density at radius 3 is 2.17 bits per heavy atom. The monoisotopic (exact) mass is 413 g/mol. The van der Waals surface area contributed by atoms with Gasteiger partial charge < -0.3 is 15.1 Å². The fraction of sp³-hybridized carbons (Fsp3) is 0.100. The number of nitrogens with one attached hydrogen (secondary N) is 3. The van der Waals surface area contributed by atoms with Gasteiger partial charge in [0.15, 0.2) is 5.76 Å². The fourth-order valence-corrected chi connectivity index (χ4v) is 3.58. The highest BCUT2D eigenvalue weighted by atomic mass is 32.2. The number of anilines is 2. The second-order valence-corrected chi connectivity index (χ2v) is 8.01. The van der Waals surface area contributed by atoms with Gasteiger partial charge in [-0.3, -0.25) is 9.59 Å². The van der Waals surface area contributed by atoms with E-state index in [0.717, 1.165) is 0 Å². The zero-order chi connectivity index (χ0) is 21.0. The SMILES string of the molecule is CNS(=O)(=O)c1cc(NC(=O)c2ccc(NC(=O)c3ccco3)cc2)ccc1C. The molecule has 0 radical (unpaired) electrons. The van der Waals surface area contributed by atoms with E-state index in [-0.39, 0.29) is 10.7 Å². The van der Waals surface area contributed by atoms with E-state index in [1.165, 1.54) is 19.4 Å². The molecule has 1 aromatic heterocycles. The molecule has 3 aromatic rings. The number of carbonyl (C=O) groups is 2. The molecule has 0 aliphatic heterocycles. The first-order valence-corrected chi connectivity index (χ1v) is 10.1. The van der Waals surface area contributed by atoms with Crippen LogP contribution in [-0.4, -0.2) is 27.3 Å². The average molecular weight is 413 g/mol. The number of carbonyl (C=O) groups excluding carboxylic acids is 2. The summed E-state index contributed by atoms with van der Waals surface area (Å²) in [6.45, 7) is 1.67. The lowest BCUT2D eigenvalue weighted by Crippen LogP contribution is -2.20. The molecule has 1 heterocycles. The zero-order valence-corrected chi connectivity index (χ0v) is 16.5. The molecule has 0 unspecified atom stereocenters. The van der Waals surface area contributed by atoms with Gasteiger partial charge in [-0.1, -0.05) is 6.07 Å². The predicted molar refractivity (Wildman–Crippen MR) is 108 cm³/mol. The summed E-state index contributed by atoms with van der Waals surface area (Å²) in [5.41, 5.74) is 1.76. The number of hydrogen-bond donors (Lipinski definition) is 3. The molecule has 0 saturated carbocycles. The van der Waals surface area contributed by atoms with Crippen LogP contribution in [0.5, 0.6) is 0 Å². The van der Waals surface area contributed by atoms with Crippen molar-refractivity contribution in [3.63, 3.8) is 0 Å². The molecule has 0 spiro atoms. The minimum absolute atomic E-state index is 0.0915. The maximum absolute atomic E-state index is 12.5. The minimum atomic E-state index is -3.64. The summed E-state index contributed by atoms with van der Waals surface area (Å²) in [5, 5.41) is 5.33. The van der Waals surface area contributed by atoms with Crippen molar-refractivity contribution in [1.29, 1.82) is 0 Å².